The fourth-order valence-electron chi connectivity index (χ4n) is 3.48. The van der Waals surface area contributed by atoms with E-state index < -0.39 is 6.09 Å². The molecule has 0 unspecified atom stereocenters. The molecule has 0 saturated carbocycles. The lowest BCUT2D eigenvalue weighted by Crippen LogP contribution is -2.28. The van der Waals surface area contributed by atoms with Crippen molar-refractivity contribution < 1.29 is 9.53 Å². The minimum atomic E-state index is -0.428. The van der Waals surface area contributed by atoms with Crippen molar-refractivity contribution >= 4 is 11.8 Å². The number of anilines is 1. The van der Waals surface area contributed by atoms with E-state index in [-0.39, 0.29) is 0 Å². The molecule has 0 atom stereocenters. The van der Waals surface area contributed by atoms with Crippen molar-refractivity contribution in [1.82, 2.24) is 10.3 Å². The number of hydrogen-bond donors (Lipinski definition) is 1. The van der Waals surface area contributed by atoms with Gasteiger partial charge in [-0.2, -0.15) is 0 Å². The summed E-state index contributed by atoms with van der Waals surface area (Å²) in [7, 11) is 0. The minimum Gasteiger partial charge on any atom is -0.410 e. The Labute approximate surface area is 165 Å². The van der Waals surface area contributed by atoms with Gasteiger partial charge in [0, 0.05) is 37.7 Å². The van der Waals surface area contributed by atoms with Gasteiger partial charge in [0.25, 0.3) is 0 Å². The van der Waals surface area contributed by atoms with Crippen LogP contribution in [0.25, 0.3) is 0 Å². The van der Waals surface area contributed by atoms with Crippen molar-refractivity contribution in [2.24, 2.45) is 0 Å². The van der Waals surface area contributed by atoms with Gasteiger partial charge in [-0.1, -0.05) is 36.4 Å². The summed E-state index contributed by atoms with van der Waals surface area (Å²) < 4.78 is 5.45. The van der Waals surface area contributed by atoms with E-state index >= 15 is 0 Å². The highest BCUT2D eigenvalue weighted by Crippen LogP contribution is 2.32. The molecule has 5 nitrogen and oxygen atoms in total. The molecule has 5 heteroatoms. The van der Waals surface area contributed by atoms with Gasteiger partial charge in [-0.25, -0.2) is 4.79 Å². The van der Waals surface area contributed by atoms with E-state index in [1.54, 1.807) is 12.4 Å². The van der Waals surface area contributed by atoms with Crippen LogP contribution in [0.15, 0.2) is 73.1 Å². The number of aromatic nitrogens is 1. The molecule has 28 heavy (non-hydrogen) atoms. The Morgan fingerprint density at radius 1 is 1.07 bits per heavy atom. The number of fused-ring (bicyclic) bond motifs is 1. The third kappa shape index (κ3) is 4.49. The molecule has 2 aromatic carbocycles. The largest absolute Gasteiger partial charge is 0.412 e. The maximum atomic E-state index is 12.0. The lowest BCUT2D eigenvalue weighted by Gasteiger charge is -2.19. The van der Waals surface area contributed by atoms with Crippen LogP contribution < -0.4 is 15.0 Å². The molecule has 4 rings (SSSR count). The van der Waals surface area contributed by atoms with E-state index in [0.29, 0.717) is 12.3 Å². The summed E-state index contributed by atoms with van der Waals surface area (Å²) in [6, 6.07) is 20.2. The van der Waals surface area contributed by atoms with Gasteiger partial charge in [0.1, 0.15) is 5.75 Å². The van der Waals surface area contributed by atoms with Crippen LogP contribution >= 0.6 is 0 Å². The van der Waals surface area contributed by atoms with Gasteiger partial charge < -0.3 is 15.0 Å². The van der Waals surface area contributed by atoms with Crippen LogP contribution in [0, 0.1) is 0 Å². The molecule has 1 N–H and O–H groups in total. The SMILES string of the molecule is O=C(NCCc1cccnc1)Oc1ccc2c(c1)CCN2Cc1ccccc1. The summed E-state index contributed by atoms with van der Waals surface area (Å²) in [4.78, 5) is 18.5. The average Bonchev–Trinajstić information content (AvgIpc) is 3.11. The van der Waals surface area contributed by atoms with E-state index in [0.717, 1.165) is 31.5 Å². The summed E-state index contributed by atoms with van der Waals surface area (Å²) in [5, 5.41) is 2.79. The quantitative estimate of drug-likeness (QED) is 0.710. The lowest BCUT2D eigenvalue weighted by atomic mass is 10.1. The monoisotopic (exact) mass is 373 g/mol. The molecule has 0 saturated heterocycles. The molecule has 0 bridgehead atoms. The summed E-state index contributed by atoms with van der Waals surface area (Å²) in [5.74, 6) is 0.583. The average molecular weight is 373 g/mol. The van der Waals surface area contributed by atoms with Crippen LogP contribution in [0.5, 0.6) is 5.75 Å². The van der Waals surface area contributed by atoms with Gasteiger partial charge in [-0.3, -0.25) is 4.98 Å². The van der Waals surface area contributed by atoms with Gasteiger partial charge in [0.15, 0.2) is 0 Å². The Balaban J connectivity index is 1.31. The van der Waals surface area contributed by atoms with Crippen molar-refractivity contribution in [3.05, 3.63) is 89.7 Å². The first-order valence-corrected chi connectivity index (χ1v) is 9.54. The van der Waals surface area contributed by atoms with E-state index in [2.05, 4.69) is 39.5 Å². The molecule has 0 spiro atoms. The molecule has 1 aliphatic heterocycles. The van der Waals surface area contributed by atoms with Crippen molar-refractivity contribution in [2.45, 2.75) is 19.4 Å². The molecule has 0 radical (unpaired) electrons. The zero-order chi connectivity index (χ0) is 19.2. The molecule has 2 heterocycles. The Kier molecular flexibility index (Phi) is 5.52. The number of amides is 1. The Bertz CT molecular complexity index is 929. The number of carbonyl (C=O) groups excluding carboxylic acids is 1. The molecular weight excluding hydrogens is 350 g/mol. The molecule has 1 aromatic heterocycles. The highest BCUT2D eigenvalue weighted by Gasteiger charge is 2.20. The summed E-state index contributed by atoms with van der Waals surface area (Å²) in [6.45, 7) is 2.38. The lowest BCUT2D eigenvalue weighted by molar-refractivity contribution is 0.200. The fraction of sp³-hybridized carbons (Fsp3) is 0.217. The topological polar surface area (TPSA) is 54.5 Å². The molecule has 0 aliphatic carbocycles. The van der Waals surface area contributed by atoms with Crippen molar-refractivity contribution in [2.75, 3.05) is 18.0 Å². The highest BCUT2D eigenvalue weighted by atomic mass is 16.6. The van der Waals surface area contributed by atoms with E-state index in [1.807, 2.05) is 36.4 Å². The second-order valence-corrected chi connectivity index (χ2v) is 6.88. The second-order valence-electron chi connectivity index (χ2n) is 6.88. The van der Waals surface area contributed by atoms with Crippen LogP contribution in [0.4, 0.5) is 10.5 Å². The molecule has 1 aliphatic rings. The number of pyridine rings is 1. The third-order valence-electron chi connectivity index (χ3n) is 4.88. The minimum absolute atomic E-state index is 0.428. The molecule has 1 amide bonds. The third-order valence-corrected chi connectivity index (χ3v) is 4.88. The standard InChI is InChI=1S/C23H23N3O2/c27-23(25-13-10-18-7-4-12-24-16-18)28-21-8-9-22-20(15-21)11-14-26(22)17-19-5-2-1-3-6-19/h1-9,12,15-16H,10-11,13-14,17H2,(H,25,27). The van der Waals surface area contributed by atoms with Gasteiger partial charge >= 0.3 is 6.09 Å². The van der Waals surface area contributed by atoms with Crippen LogP contribution in [0.1, 0.15) is 16.7 Å². The van der Waals surface area contributed by atoms with Gasteiger partial charge in [0.2, 0.25) is 0 Å². The molecular formula is C23H23N3O2. The predicted octanol–water partition coefficient (Wildman–Crippen LogP) is 3.98. The van der Waals surface area contributed by atoms with E-state index in [9.17, 15) is 4.79 Å². The number of ether oxygens (including phenoxy) is 1. The number of nitrogens with one attached hydrogen (secondary N) is 1. The van der Waals surface area contributed by atoms with Crippen LogP contribution in [0.2, 0.25) is 0 Å². The first kappa shape index (κ1) is 18.0. The van der Waals surface area contributed by atoms with Crippen molar-refractivity contribution in [1.29, 1.82) is 0 Å². The summed E-state index contributed by atoms with van der Waals surface area (Å²) in [6.07, 6.45) is 4.79. The van der Waals surface area contributed by atoms with Crippen LogP contribution in [0.3, 0.4) is 0 Å². The van der Waals surface area contributed by atoms with E-state index in [1.165, 1.54) is 16.8 Å². The molecule has 3 aromatic rings. The zero-order valence-corrected chi connectivity index (χ0v) is 15.7. The smallest absolute Gasteiger partial charge is 0.410 e. The molecule has 0 fully saturated rings. The Morgan fingerprint density at radius 3 is 2.75 bits per heavy atom. The van der Waals surface area contributed by atoms with Crippen molar-refractivity contribution in [3.8, 4) is 5.75 Å². The first-order chi connectivity index (χ1) is 13.8. The number of benzene rings is 2. The fourth-order valence-corrected chi connectivity index (χ4v) is 3.48. The number of rotatable bonds is 6. The number of carbonyl (C=O) groups is 1. The Morgan fingerprint density at radius 2 is 1.93 bits per heavy atom. The normalized spacial score (nSPS) is 12.5. The second kappa shape index (κ2) is 8.57. The van der Waals surface area contributed by atoms with Gasteiger partial charge in [-0.15, -0.1) is 0 Å². The van der Waals surface area contributed by atoms with Gasteiger partial charge in [0.05, 0.1) is 0 Å². The van der Waals surface area contributed by atoms with Gasteiger partial charge in [-0.05, 0) is 53.8 Å². The Hall–Kier alpha value is -3.34. The maximum absolute atomic E-state index is 12.0. The predicted molar refractivity (Wildman–Crippen MR) is 110 cm³/mol. The van der Waals surface area contributed by atoms with Crippen LogP contribution in [-0.4, -0.2) is 24.2 Å². The molecule has 142 valence electrons. The number of hydrogen-bond acceptors (Lipinski definition) is 4. The van der Waals surface area contributed by atoms with Crippen molar-refractivity contribution in [3.63, 3.8) is 0 Å². The summed E-state index contributed by atoms with van der Waals surface area (Å²) in [5.41, 5.74) is 4.81. The first-order valence-electron chi connectivity index (χ1n) is 9.54. The summed E-state index contributed by atoms with van der Waals surface area (Å²) >= 11 is 0. The zero-order valence-electron chi connectivity index (χ0n) is 15.7. The number of nitrogens with zero attached hydrogens (tertiary/aromatic N) is 2. The van der Waals surface area contributed by atoms with E-state index in [4.69, 9.17) is 4.74 Å². The maximum Gasteiger partial charge on any atom is 0.412 e. The highest BCUT2D eigenvalue weighted by molar-refractivity contribution is 5.71. The van der Waals surface area contributed by atoms with Crippen LogP contribution in [-0.2, 0) is 19.4 Å².